The number of nitrogens with zero attached hydrogens (tertiary/aromatic N) is 1. The second-order valence-electron chi connectivity index (χ2n) is 9.13. The van der Waals surface area contributed by atoms with E-state index in [0.717, 1.165) is 5.56 Å². The van der Waals surface area contributed by atoms with Gasteiger partial charge in [-0.05, 0) is 75.2 Å². The van der Waals surface area contributed by atoms with Crippen LogP contribution in [0.1, 0.15) is 38.8 Å². The predicted molar refractivity (Wildman–Crippen MR) is 158 cm³/mol. The molecule has 10 heteroatoms. The number of carbonyl (C=O) groups is 2. The average Bonchev–Trinajstić information content (AvgIpc) is 2.91. The molecule has 2 N–H and O–H groups in total. The molecule has 0 bridgehead atoms. The molecule has 0 aliphatic rings. The number of hydrazone groups is 1. The van der Waals surface area contributed by atoms with Crippen molar-refractivity contribution in [2.75, 3.05) is 6.61 Å². The standard InChI is InChI=1S/C30H33Cl2N3O5/c1-5-38-28-16-22(11-13-27(28)39-19(2)3)18-33-35-30(37)25(15-21-9-7-6-8-10-21)34-29(36)20(4)40-26-14-12-23(31)17-24(26)32/h6-14,16-20,25H,5,15H2,1-4H3,(H,34,36)(H,35,37)/b33-18-/t20-,25-/m1/s1. The van der Waals surface area contributed by atoms with Gasteiger partial charge in [0.05, 0.1) is 23.9 Å². The Balaban J connectivity index is 1.70. The number of ether oxygens (including phenoxy) is 3. The normalized spacial score (nSPS) is 12.6. The van der Waals surface area contributed by atoms with Crippen LogP contribution in [0.2, 0.25) is 10.0 Å². The van der Waals surface area contributed by atoms with Gasteiger partial charge in [-0.2, -0.15) is 5.10 Å². The number of carbonyl (C=O) groups excluding carboxylic acids is 2. The van der Waals surface area contributed by atoms with Crippen LogP contribution in [-0.4, -0.2) is 42.9 Å². The highest BCUT2D eigenvalue weighted by molar-refractivity contribution is 6.35. The maximum absolute atomic E-state index is 13.1. The maximum Gasteiger partial charge on any atom is 0.262 e. The van der Waals surface area contributed by atoms with Crippen molar-refractivity contribution in [3.63, 3.8) is 0 Å². The summed E-state index contributed by atoms with van der Waals surface area (Å²) in [6.45, 7) is 7.80. The summed E-state index contributed by atoms with van der Waals surface area (Å²) < 4.78 is 17.2. The van der Waals surface area contributed by atoms with Crippen LogP contribution in [0.5, 0.6) is 17.2 Å². The largest absolute Gasteiger partial charge is 0.490 e. The van der Waals surface area contributed by atoms with Crippen molar-refractivity contribution in [2.45, 2.75) is 52.4 Å². The van der Waals surface area contributed by atoms with Crippen LogP contribution in [0.3, 0.4) is 0 Å². The van der Waals surface area contributed by atoms with E-state index in [9.17, 15) is 9.59 Å². The minimum absolute atomic E-state index is 0.00827. The molecule has 0 aromatic heterocycles. The molecule has 0 aliphatic carbocycles. The van der Waals surface area contributed by atoms with Gasteiger partial charge in [-0.15, -0.1) is 0 Å². The quantitative estimate of drug-likeness (QED) is 0.194. The summed E-state index contributed by atoms with van der Waals surface area (Å²) in [6, 6.07) is 18.5. The van der Waals surface area contributed by atoms with E-state index in [-0.39, 0.29) is 17.5 Å². The highest BCUT2D eigenvalue weighted by Gasteiger charge is 2.25. The van der Waals surface area contributed by atoms with Gasteiger partial charge in [0.15, 0.2) is 17.6 Å². The molecule has 2 atom stereocenters. The number of halogens is 2. The number of rotatable bonds is 13. The van der Waals surface area contributed by atoms with Crippen molar-refractivity contribution in [2.24, 2.45) is 5.10 Å². The lowest BCUT2D eigenvalue weighted by Crippen LogP contribution is -2.50. The molecule has 0 saturated heterocycles. The van der Waals surface area contributed by atoms with E-state index < -0.39 is 24.0 Å². The molecule has 212 valence electrons. The topological polar surface area (TPSA) is 98.2 Å². The highest BCUT2D eigenvalue weighted by atomic mass is 35.5. The average molecular weight is 587 g/mol. The van der Waals surface area contributed by atoms with Gasteiger partial charge >= 0.3 is 0 Å². The minimum atomic E-state index is -0.934. The zero-order valence-electron chi connectivity index (χ0n) is 22.8. The zero-order chi connectivity index (χ0) is 29.1. The number of benzene rings is 3. The summed E-state index contributed by atoms with van der Waals surface area (Å²) >= 11 is 12.1. The monoisotopic (exact) mass is 585 g/mol. The van der Waals surface area contributed by atoms with Gasteiger partial charge < -0.3 is 19.5 Å². The first-order chi connectivity index (χ1) is 19.2. The fraction of sp³-hybridized carbons (Fsp3) is 0.300. The lowest BCUT2D eigenvalue weighted by atomic mass is 10.1. The Morgan fingerprint density at radius 3 is 2.30 bits per heavy atom. The summed E-state index contributed by atoms with van der Waals surface area (Å²) in [6.07, 6.45) is 0.802. The van der Waals surface area contributed by atoms with E-state index in [1.54, 1.807) is 37.3 Å². The molecular formula is C30H33Cl2N3O5. The second-order valence-corrected chi connectivity index (χ2v) is 9.97. The lowest BCUT2D eigenvalue weighted by molar-refractivity contribution is -0.132. The van der Waals surface area contributed by atoms with Gasteiger partial charge in [0.2, 0.25) is 0 Å². The van der Waals surface area contributed by atoms with Gasteiger partial charge in [-0.1, -0.05) is 53.5 Å². The summed E-state index contributed by atoms with van der Waals surface area (Å²) in [4.78, 5) is 26.1. The summed E-state index contributed by atoms with van der Waals surface area (Å²) in [5.41, 5.74) is 4.09. The first-order valence-electron chi connectivity index (χ1n) is 12.9. The molecule has 3 rings (SSSR count). The molecule has 3 aromatic rings. The Morgan fingerprint density at radius 1 is 0.900 bits per heavy atom. The van der Waals surface area contributed by atoms with Crippen molar-refractivity contribution < 1.29 is 23.8 Å². The van der Waals surface area contributed by atoms with Crippen LogP contribution in [0.15, 0.2) is 71.8 Å². The summed E-state index contributed by atoms with van der Waals surface area (Å²) in [5, 5.41) is 7.59. The molecule has 40 heavy (non-hydrogen) atoms. The van der Waals surface area contributed by atoms with E-state index in [4.69, 9.17) is 37.4 Å². The van der Waals surface area contributed by atoms with Crippen LogP contribution in [0.25, 0.3) is 0 Å². The van der Waals surface area contributed by atoms with Crippen molar-refractivity contribution in [3.8, 4) is 17.2 Å². The van der Waals surface area contributed by atoms with E-state index in [0.29, 0.717) is 34.4 Å². The Morgan fingerprint density at radius 2 is 1.62 bits per heavy atom. The van der Waals surface area contributed by atoms with E-state index >= 15 is 0 Å². The molecule has 8 nitrogen and oxygen atoms in total. The molecule has 0 unspecified atom stereocenters. The number of nitrogens with one attached hydrogen (secondary N) is 2. The number of hydrogen-bond acceptors (Lipinski definition) is 6. The maximum atomic E-state index is 13.1. The van der Waals surface area contributed by atoms with Gasteiger partial charge in [0.25, 0.3) is 11.8 Å². The van der Waals surface area contributed by atoms with Gasteiger partial charge in [0, 0.05) is 11.4 Å². The van der Waals surface area contributed by atoms with Gasteiger partial charge in [-0.3, -0.25) is 9.59 Å². The van der Waals surface area contributed by atoms with Crippen LogP contribution < -0.4 is 25.0 Å². The molecule has 3 aromatic carbocycles. The number of amides is 2. The zero-order valence-corrected chi connectivity index (χ0v) is 24.3. The molecule has 0 radical (unpaired) electrons. The van der Waals surface area contributed by atoms with Gasteiger partial charge in [-0.25, -0.2) is 5.43 Å². The fourth-order valence-corrected chi connectivity index (χ4v) is 4.09. The smallest absolute Gasteiger partial charge is 0.262 e. The van der Waals surface area contributed by atoms with Crippen molar-refractivity contribution in [1.82, 2.24) is 10.7 Å². The molecule has 0 fully saturated rings. The third kappa shape index (κ3) is 9.47. The van der Waals surface area contributed by atoms with Crippen LogP contribution >= 0.6 is 23.2 Å². The molecule has 0 saturated carbocycles. The van der Waals surface area contributed by atoms with Crippen LogP contribution in [-0.2, 0) is 16.0 Å². The summed E-state index contributed by atoms with van der Waals surface area (Å²) in [7, 11) is 0. The fourth-order valence-electron chi connectivity index (χ4n) is 3.64. The highest BCUT2D eigenvalue weighted by Crippen LogP contribution is 2.29. The van der Waals surface area contributed by atoms with Crippen LogP contribution in [0, 0.1) is 0 Å². The third-order valence-corrected chi connectivity index (χ3v) is 6.03. The second kappa shape index (κ2) is 15.1. The first-order valence-corrected chi connectivity index (χ1v) is 13.6. The van der Waals surface area contributed by atoms with Crippen molar-refractivity contribution in [3.05, 3.63) is 87.9 Å². The number of hydrogen-bond donors (Lipinski definition) is 2. The molecule has 2 amide bonds. The van der Waals surface area contributed by atoms with Crippen molar-refractivity contribution >= 4 is 41.2 Å². The Hall–Kier alpha value is -3.75. The Bertz CT molecular complexity index is 1320. The van der Waals surface area contributed by atoms with Crippen molar-refractivity contribution in [1.29, 1.82) is 0 Å². The van der Waals surface area contributed by atoms with E-state index in [1.807, 2.05) is 51.1 Å². The SMILES string of the molecule is CCOc1cc(/C=N\NC(=O)[C@@H](Cc2ccccc2)NC(=O)[C@@H](C)Oc2ccc(Cl)cc2Cl)ccc1OC(C)C. The molecule has 0 heterocycles. The van der Waals surface area contributed by atoms with Crippen LogP contribution in [0.4, 0.5) is 0 Å². The Labute approximate surface area is 244 Å². The molecule has 0 spiro atoms. The lowest BCUT2D eigenvalue weighted by Gasteiger charge is -2.21. The van der Waals surface area contributed by atoms with E-state index in [1.165, 1.54) is 12.3 Å². The van der Waals surface area contributed by atoms with Gasteiger partial charge in [0.1, 0.15) is 11.8 Å². The summed E-state index contributed by atoms with van der Waals surface area (Å²) in [5.74, 6) is 0.525. The minimum Gasteiger partial charge on any atom is -0.490 e. The first kappa shape index (κ1) is 30.8. The van der Waals surface area contributed by atoms with E-state index in [2.05, 4.69) is 15.8 Å². The molecular weight excluding hydrogens is 553 g/mol. The third-order valence-electron chi connectivity index (χ3n) is 5.50. The molecule has 0 aliphatic heterocycles. The predicted octanol–water partition coefficient (Wildman–Crippen LogP) is 5.82. The Kier molecular flexibility index (Phi) is 11.7.